The van der Waals surface area contributed by atoms with Gasteiger partial charge in [0.05, 0.1) is 5.69 Å². The topological polar surface area (TPSA) is 12.4 Å². The number of rotatable bonds is 3. The van der Waals surface area contributed by atoms with Crippen molar-refractivity contribution in [1.82, 2.24) is 0 Å². The van der Waals surface area contributed by atoms with Gasteiger partial charge in [0, 0.05) is 13.8 Å². The number of hydrogen-bond donors (Lipinski definition) is 0. The van der Waals surface area contributed by atoms with Crippen LogP contribution in [0.2, 0.25) is 0 Å². The fourth-order valence-electron chi connectivity index (χ4n) is 1.52. The van der Waals surface area contributed by atoms with Gasteiger partial charge in [0.25, 0.3) is 0 Å². The molecule has 1 aromatic carbocycles. The van der Waals surface area contributed by atoms with Gasteiger partial charge in [0.1, 0.15) is 0 Å². The first-order valence-electron chi connectivity index (χ1n) is 5.57. The predicted molar refractivity (Wildman–Crippen MR) is 85.3 cm³/mol. The van der Waals surface area contributed by atoms with E-state index in [9.17, 15) is 0 Å². The lowest BCUT2D eigenvalue weighted by atomic mass is 10.2. The Labute approximate surface area is 123 Å². The quantitative estimate of drug-likeness (QED) is 0.677. The van der Waals surface area contributed by atoms with Gasteiger partial charge in [-0.25, -0.2) is 4.99 Å². The summed E-state index contributed by atoms with van der Waals surface area (Å²) in [6.45, 7) is 4.33. The Hall–Kier alpha value is -0.200. The van der Waals surface area contributed by atoms with Crippen molar-refractivity contribution in [2.75, 3.05) is 0 Å². The summed E-state index contributed by atoms with van der Waals surface area (Å²) in [5, 5.41) is 2.23. The maximum Gasteiger partial charge on any atom is 0.171 e. The minimum atomic E-state index is 1.09. The van der Waals surface area contributed by atoms with Gasteiger partial charge in [0.2, 0.25) is 0 Å². The molecule has 0 radical (unpaired) electrons. The molecule has 1 heterocycles. The molecule has 0 spiro atoms. The number of nitrogens with zero attached hydrogens (tertiary/aromatic N) is 1. The van der Waals surface area contributed by atoms with Crippen LogP contribution >= 0.6 is 45.3 Å². The van der Waals surface area contributed by atoms with E-state index in [0.29, 0.717) is 0 Å². The first kappa shape index (κ1) is 13.2. The normalized spacial score (nSPS) is 12.1. The van der Waals surface area contributed by atoms with Crippen molar-refractivity contribution in [2.24, 2.45) is 4.99 Å². The highest BCUT2D eigenvalue weighted by molar-refractivity contribution is 14.1. The fourth-order valence-corrected chi connectivity index (χ4v) is 4.34. The maximum absolute atomic E-state index is 4.72. The molecular weight excluding hydrogens is 361 g/mol. The van der Waals surface area contributed by atoms with E-state index in [0.717, 1.165) is 9.67 Å². The monoisotopic (exact) mass is 375 g/mol. The summed E-state index contributed by atoms with van der Waals surface area (Å²) >= 11 is 5.89. The van der Waals surface area contributed by atoms with Gasteiger partial charge < -0.3 is 0 Å². The summed E-state index contributed by atoms with van der Waals surface area (Å²) in [5.74, 6) is 0. The van der Waals surface area contributed by atoms with Gasteiger partial charge in [-0.05, 0) is 59.7 Å². The SMILES string of the molecule is CCCc1cs/c(=N\c2ccc(I)cc2C)s1. The Morgan fingerprint density at radius 2 is 2.18 bits per heavy atom. The molecule has 0 N–H and O–H groups in total. The van der Waals surface area contributed by atoms with Crippen LogP contribution in [0.25, 0.3) is 0 Å². The van der Waals surface area contributed by atoms with Gasteiger partial charge in [-0.2, -0.15) is 0 Å². The van der Waals surface area contributed by atoms with Crippen LogP contribution in [0.1, 0.15) is 23.8 Å². The lowest BCUT2D eigenvalue weighted by Gasteiger charge is -1.98. The van der Waals surface area contributed by atoms with Crippen LogP contribution in [0.4, 0.5) is 5.69 Å². The van der Waals surface area contributed by atoms with E-state index in [1.54, 1.807) is 11.3 Å². The van der Waals surface area contributed by atoms with E-state index < -0.39 is 0 Å². The summed E-state index contributed by atoms with van der Waals surface area (Å²) < 4.78 is 2.42. The molecule has 0 atom stereocenters. The molecule has 2 rings (SSSR count). The van der Waals surface area contributed by atoms with Crippen LogP contribution in [0.3, 0.4) is 0 Å². The van der Waals surface area contributed by atoms with Crippen molar-refractivity contribution >= 4 is 51.0 Å². The van der Waals surface area contributed by atoms with E-state index >= 15 is 0 Å². The molecule has 2 aromatic rings. The molecule has 0 aliphatic carbocycles. The second-order valence-corrected chi connectivity index (χ2v) is 7.34. The van der Waals surface area contributed by atoms with E-state index in [1.807, 2.05) is 11.3 Å². The van der Waals surface area contributed by atoms with Crippen LogP contribution in [0, 0.1) is 10.5 Å². The lowest BCUT2D eigenvalue weighted by molar-refractivity contribution is 0.941. The van der Waals surface area contributed by atoms with Crippen LogP contribution in [0.15, 0.2) is 28.6 Å². The van der Waals surface area contributed by atoms with Gasteiger partial charge in [-0.3, -0.25) is 0 Å². The number of benzene rings is 1. The standard InChI is InChI=1S/C13H14INS2/c1-3-4-11-8-16-13(17-11)15-12-6-5-10(14)7-9(12)2/h5-8H,3-4H2,1-2H3/b15-13+. The molecule has 1 aromatic heterocycles. The average molecular weight is 375 g/mol. The summed E-state index contributed by atoms with van der Waals surface area (Å²) in [6, 6.07) is 6.38. The first-order chi connectivity index (χ1) is 8.19. The van der Waals surface area contributed by atoms with Crippen LogP contribution in [-0.4, -0.2) is 0 Å². The third-order valence-corrected chi connectivity index (χ3v) is 5.28. The third-order valence-electron chi connectivity index (χ3n) is 2.38. The van der Waals surface area contributed by atoms with Crippen molar-refractivity contribution in [3.63, 3.8) is 0 Å². The van der Waals surface area contributed by atoms with Gasteiger partial charge >= 0.3 is 0 Å². The average Bonchev–Trinajstić information content (AvgIpc) is 2.71. The second kappa shape index (κ2) is 6.11. The Morgan fingerprint density at radius 3 is 2.88 bits per heavy atom. The van der Waals surface area contributed by atoms with Gasteiger partial charge in [-0.1, -0.05) is 13.3 Å². The summed E-state index contributed by atoms with van der Waals surface area (Å²) in [7, 11) is 0. The molecular formula is C13H14INS2. The lowest BCUT2D eigenvalue weighted by Crippen LogP contribution is -1.86. The first-order valence-corrected chi connectivity index (χ1v) is 8.35. The smallest absolute Gasteiger partial charge is 0.171 e. The Morgan fingerprint density at radius 1 is 1.35 bits per heavy atom. The highest BCUT2D eigenvalue weighted by Crippen LogP contribution is 2.21. The van der Waals surface area contributed by atoms with Crippen molar-refractivity contribution in [3.05, 3.63) is 41.6 Å². The highest BCUT2D eigenvalue weighted by atomic mass is 127. The van der Waals surface area contributed by atoms with Crippen molar-refractivity contribution in [3.8, 4) is 0 Å². The Bertz CT molecular complexity index is 569. The van der Waals surface area contributed by atoms with Crippen LogP contribution in [0.5, 0.6) is 0 Å². The molecule has 0 fully saturated rings. The van der Waals surface area contributed by atoms with Crippen molar-refractivity contribution in [1.29, 1.82) is 0 Å². The molecule has 0 amide bonds. The summed E-state index contributed by atoms with van der Waals surface area (Å²) in [6.07, 6.45) is 2.37. The van der Waals surface area contributed by atoms with Crippen LogP contribution < -0.4 is 3.98 Å². The minimum Gasteiger partial charge on any atom is -0.227 e. The summed E-state index contributed by atoms with van der Waals surface area (Å²) in [4.78, 5) is 6.16. The molecule has 0 saturated carbocycles. The zero-order valence-electron chi connectivity index (χ0n) is 9.87. The number of aryl methyl sites for hydroxylation is 2. The molecule has 0 aliphatic rings. The molecule has 0 aliphatic heterocycles. The minimum absolute atomic E-state index is 1.09. The van der Waals surface area contributed by atoms with Gasteiger partial charge in [0.15, 0.2) is 3.98 Å². The molecule has 0 unspecified atom stereocenters. The van der Waals surface area contributed by atoms with E-state index in [4.69, 9.17) is 4.99 Å². The largest absolute Gasteiger partial charge is 0.227 e. The van der Waals surface area contributed by atoms with Crippen molar-refractivity contribution in [2.45, 2.75) is 26.7 Å². The number of hydrogen-bond acceptors (Lipinski definition) is 3. The zero-order valence-corrected chi connectivity index (χ0v) is 13.7. The molecule has 90 valence electrons. The maximum atomic E-state index is 4.72. The molecule has 4 heteroatoms. The van der Waals surface area contributed by atoms with Crippen LogP contribution in [-0.2, 0) is 6.42 Å². The Balaban J connectivity index is 2.34. The van der Waals surface area contributed by atoms with Gasteiger partial charge in [-0.15, -0.1) is 22.7 Å². The highest BCUT2D eigenvalue weighted by Gasteiger charge is 1.99. The fraction of sp³-hybridized carbons (Fsp3) is 0.308. The predicted octanol–water partition coefficient (Wildman–Crippen LogP) is 4.91. The van der Waals surface area contributed by atoms with E-state index in [1.165, 1.54) is 26.9 Å². The third kappa shape index (κ3) is 3.63. The molecule has 0 saturated heterocycles. The molecule has 0 bridgehead atoms. The zero-order chi connectivity index (χ0) is 12.3. The molecule has 1 nitrogen and oxygen atoms in total. The second-order valence-electron chi connectivity index (χ2n) is 3.86. The molecule has 17 heavy (non-hydrogen) atoms. The Kier molecular flexibility index (Phi) is 4.76. The van der Waals surface area contributed by atoms with E-state index in [-0.39, 0.29) is 0 Å². The number of halogens is 1. The van der Waals surface area contributed by atoms with E-state index in [2.05, 4.69) is 60.0 Å². The summed E-state index contributed by atoms with van der Waals surface area (Å²) in [5.41, 5.74) is 2.33. The van der Waals surface area contributed by atoms with Crippen molar-refractivity contribution < 1.29 is 0 Å².